The monoisotopic (exact) mass is 363 g/mol. The third-order valence-corrected chi connectivity index (χ3v) is 4.10. The maximum absolute atomic E-state index is 12.2. The van der Waals surface area contributed by atoms with Crippen molar-refractivity contribution < 1.29 is 19.0 Å². The number of aryl methyl sites for hydroxylation is 1. The molecule has 8 nitrogen and oxygen atoms in total. The molecule has 0 bridgehead atoms. The van der Waals surface area contributed by atoms with Crippen LogP contribution in [0.1, 0.15) is 20.8 Å². The lowest BCUT2D eigenvalue weighted by Crippen LogP contribution is -2.49. The number of carbonyl (C=O) groups excluding carboxylic acids is 1. The summed E-state index contributed by atoms with van der Waals surface area (Å²) in [5, 5.41) is 0. The second-order valence-electron chi connectivity index (χ2n) is 7.37. The molecule has 1 amide bonds. The average Bonchev–Trinajstić information content (AvgIpc) is 2.87. The highest BCUT2D eigenvalue weighted by Crippen LogP contribution is 2.23. The van der Waals surface area contributed by atoms with Gasteiger partial charge in [0, 0.05) is 13.6 Å². The smallest absolute Gasteiger partial charge is 0.410 e. The number of imidazole rings is 1. The number of aromatic nitrogens is 2. The van der Waals surface area contributed by atoms with E-state index in [-0.39, 0.29) is 24.5 Å². The van der Waals surface area contributed by atoms with E-state index in [9.17, 15) is 9.59 Å². The number of nitrogens with one attached hydrogen (secondary N) is 1. The van der Waals surface area contributed by atoms with E-state index in [1.807, 2.05) is 39.0 Å². The Balaban J connectivity index is 1.65. The van der Waals surface area contributed by atoms with E-state index in [1.165, 1.54) is 4.57 Å². The number of ether oxygens (including phenoxy) is 3. The molecule has 2 aromatic rings. The van der Waals surface area contributed by atoms with Crippen molar-refractivity contribution in [1.82, 2.24) is 14.5 Å². The number of fused-ring (bicyclic) bond motifs is 1. The van der Waals surface area contributed by atoms with E-state index >= 15 is 0 Å². The first-order valence-corrected chi connectivity index (χ1v) is 8.64. The Bertz CT molecular complexity index is 849. The standard InChI is InChI=1S/C18H25N3O5/c1-18(2,3)26-17(23)21-8-9-24-12(10-21)11-25-14-7-5-6-13-15(14)20(4)16(22)19-13/h5-7,12H,8-11H2,1-4H3,(H,19,22)/t12-/m0/s1. The van der Waals surface area contributed by atoms with Gasteiger partial charge in [-0.25, -0.2) is 9.59 Å². The molecule has 1 saturated heterocycles. The fraction of sp³-hybridized carbons (Fsp3) is 0.556. The summed E-state index contributed by atoms with van der Waals surface area (Å²) in [6, 6.07) is 5.46. The molecule has 1 N–H and O–H groups in total. The Morgan fingerprint density at radius 2 is 2.15 bits per heavy atom. The Labute approximate surface area is 151 Å². The third-order valence-electron chi connectivity index (χ3n) is 4.10. The van der Waals surface area contributed by atoms with Gasteiger partial charge in [-0.1, -0.05) is 6.07 Å². The molecular weight excluding hydrogens is 338 g/mol. The molecule has 0 unspecified atom stereocenters. The summed E-state index contributed by atoms with van der Waals surface area (Å²) >= 11 is 0. The second kappa shape index (κ2) is 7.03. The molecule has 1 aromatic carbocycles. The van der Waals surface area contributed by atoms with Crippen LogP contribution in [0.15, 0.2) is 23.0 Å². The van der Waals surface area contributed by atoms with Crippen LogP contribution < -0.4 is 10.4 Å². The van der Waals surface area contributed by atoms with E-state index < -0.39 is 5.60 Å². The molecule has 0 aliphatic carbocycles. The predicted molar refractivity (Wildman–Crippen MR) is 96.6 cm³/mol. The van der Waals surface area contributed by atoms with Crippen LogP contribution in [0.25, 0.3) is 11.0 Å². The van der Waals surface area contributed by atoms with E-state index in [0.29, 0.717) is 31.0 Å². The topological polar surface area (TPSA) is 85.8 Å². The van der Waals surface area contributed by atoms with E-state index in [4.69, 9.17) is 14.2 Å². The van der Waals surface area contributed by atoms with E-state index in [0.717, 1.165) is 5.52 Å². The molecular formula is C18H25N3O5. The van der Waals surface area contributed by atoms with E-state index in [2.05, 4.69) is 4.98 Å². The van der Waals surface area contributed by atoms with Crippen molar-refractivity contribution in [3.05, 3.63) is 28.7 Å². The fourth-order valence-corrected chi connectivity index (χ4v) is 2.88. The highest BCUT2D eigenvalue weighted by atomic mass is 16.6. The number of para-hydroxylation sites is 1. The molecule has 1 aromatic heterocycles. The molecule has 0 saturated carbocycles. The number of hydrogen-bond donors (Lipinski definition) is 1. The molecule has 142 valence electrons. The molecule has 0 radical (unpaired) electrons. The van der Waals surface area contributed by atoms with E-state index in [1.54, 1.807) is 11.9 Å². The number of amides is 1. The summed E-state index contributed by atoms with van der Waals surface area (Å²) in [5.74, 6) is 0.598. The lowest BCUT2D eigenvalue weighted by atomic mass is 10.2. The lowest BCUT2D eigenvalue weighted by molar-refractivity contribution is -0.0555. The van der Waals surface area contributed by atoms with Crippen LogP contribution in [0, 0.1) is 0 Å². The molecule has 2 heterocycles. The van der Waals surface area contributed by atoms with Gasteiger partial charge in [0.05, 0.1) is 18.7 Å². The number of H-pyrrole nitrogens is 1. The van der Waals surface area contributed by atoms with Gasteiger partial charge in [-0.05, 0) is 32.9 Å². The van der Waals surface area contributed by atoms with Crippen molar-refractivity contribution in [1.29, 1.82) is 0 Å². The average molecular weight is 363 g/mol. The number of nitrogens with zero attached hydrogens (tertiary/aromatic N) is 2. The second-order valence-corrected chi connectivity index (χ2v) is 7.37. The molecule has 1 atom stereocenters. The molecule has 26 heavy (non-hydrogen) atoms. The lowest BCUT2D eigenvalue weighted by Gasteiger charge is -2.34. The van der Waals surface area contributed by atoms with Crippen molar-refractivity contribution in [3.63, 3.8) is 0 Å². The number of rotatable bonds is 3. The van der Waals surface area contributed by atoms with Crippen LogP contribution in [0.5, 0.6) is 5.75 Å². The zero-order chi connectivity index (χ0) is 18.9. The van der Waals surface area contributed by atoms with Crippen LogP contribution in [0.4, 0.5) is 4.79 Å². The number of aromatic amines is 1. The quantitative estimate of drug-likeness (QED) is 0.900. The van der Waals surface area contributed by atoms with Crippen molar-refractivity contribution in [2.45, 2.75) is 32.5 Å². The van der Waals surface area contributed by atoms with Gasteiger partial charge in [-0.3, -0.25) is 4.57 Å². The molecule has 8 heteroatoms. The van der Waals surface area contributed by atoms with Crippen LogP contribution >= 0.6 is 0 Å². The number of morpholine rings is 1. The summed E-state index contributed by atoms with van der Waals surface area (Å²) < 4.78 is 18.5. The van der Waals surface area contributed by atoms with Crippen LogP contribution in [-0.2, 0) is 16.5 Å². The maximum Gasteiger partial charge on any atom is 0.410 e. The first-order chi connectivity index (χ1) is 12.2. The Hall–Kier alpha value is -2.48. The highest BCUT2D eigenvalue weighted by Gasteiger charge is 2.28. The number of hydrogen-bond acceptors (Lipinski definition) is 5. The zero-order valence-electron chi connectivity index (χ0n) is 15.6. The highest BCUT2D eigenvalue weighted by molar-refractivity contribution is 5.81. The van der Waals surface area contributed by atoms with Gasteiger partial charge in [0.1, 0.15) is 29.6 Å². The molecule has 1 aliphatic heterocycles. The molecule has 1 aliphatic rings. The van der Waals surface area contributed by atoms with Gasteiger partial charge in [0.25, 0.3) is 0 Å². The Morgan fingerprint density at radius 1 is 1.38 bits per heavy atom. The zero-order valence-corrected chi connectivity index (χ0v) is 15.6. The van der Waals surface area contributed by atoms with Crippen molar-refractivity contribution in [2.75, 3.05) is 26.3 Å². The first-order valence-electron chi connectivity index (χ1n) is 8.64. The maximum atomic E-state index is 12.2. The summed E-state index contributed by atoms with van der Waals surface area (Å²) in [6.45, 7) is 7.12. The largest absolute Gasteiger partial charge is 0.489 e. The first kappa shape index (κ1) is 18.3. The Kier molecular flexibility index (Phi) is 4.95. The van der Waals surface area contributed by atoms with Gasteiger partial charge in [-0.2, -0.15) is 0 Å². The van der Waals surface area contributed by atoms with Gasteiger partial charge >= 0.3 is 11.8 Å². The normalized spacial score (nSPS) is 18.2. The minimum atomic E-state index is -0.532. The molecule has 3 rings (SSSR count). The summed E-state index contributed by atoms with van der Waals surface area (Å²) in [6.07, 6.45) is -0.608. The third kappa shape index (κ3) is 4.01. The van der Waals surface area contributed by atoms with Crippen molar-refractivity contribution in [2.24, 2.45) is 7.05 Å². The SMILES string of the molecule is Cn1c(=O)[nH]c2cccc(OC[C@@H]3CN(C(=O)OC(C)(C)C)CCO3)c21. The fourth-order valence-electron chi connectivity index (χ4n) is 2.88. The van der Waals surface area contributed by atoms with Crippen LogP contribution in [0.2, 0.25) is 0 Å². The minimum Gasteiger partial charge on any atom is -0.489 e. The summed E-state index contributed by atoms with van der Waals surface area (Å²) in [7, 11) is 1.69. The predicted octanol–water partition coefficient (Wildman–Crippen LogP) is 1.88. The molecule has 0 spiro atoms. The number of carbonyl (C=O) groups is 1. The van der Waals surface area contributed by atoms with Gasteiger partial charge in [-0.15, -0.1) is 0 Å². The van der Waals surface area contributed by atoms with Crippen molar-refractivity contribution in [3.8, 4) is 5.75 Å². The summed E-state index contributed by atoms with van der Waals surface area (Å²) in [4.78, 5) is 28.4. The van der Waals surface area contributed by atoms with Crippen molar-refractivity contribution >= 4 is 17.1 Å². The molecule has 1 fully saturated rings. The van der Waals surface area contributed by atoms with Gasteiger partial charge < -0.3 is 24.1 Å². The Morgan fingerprint density at radius 3 is 2.88 bits per heavy atom. The van der Waals surface area contributed by atoms with Crippen LogP contribution in [-0.4, -0.2) is 58.6 Å². The number of benzene rings is 1. The van der Waals surface area contributed by atoms with Gasteiger partial charge in [0.2, 0.25) is 0 Å². The minimum absolute atomic E-state index is 0.193. The summed E-state index contributed by atoms with van der Waals surface area (Å²) in [5.41, 5.74) is 0.698. The van der Waals surface area contributed by atoms with Gasteiger partial charge in [0.15, 0.2) is 0 Å². The van der Waals surface area contributed by atoms with Crippen LogP contribution in [0.3, 0.4) is 0 Å².